The molecule has 1 aromatic carbocycles. The van der Waals surface area contributed by atoms with Gasteiger partial charge in [-0.2, -0.15) is 5.26 Å². The molecule has 204 valence electrons. The van der Waals surface area contributed by atoms with Crippen molar-refractivity contribution in [3.63, 3.8) is 0 Å². The van der Waals surface area contributed by atoms with E-state index in [9.17, 15) is 14.9 Å². The quantitative estimate of drug-likeness (QED) is 0.306. The Bertz CT molecular complexity index is 1190. The van der Waals surface area contributed by atoms with Crippen LogP contribution in [0.25, 0.3) is 0 Å². The standard InChI is InChI=1S/C30H38BrN3O4/c1-6-10-20-13-24-28(25(35)14-20)27(22(17-32)19(5)34-24)21-15-23(31)29(26(16-21)37-7-2)38-12-9-8-11-33-30(36)18(3)4/h8-9,15-16,18,20,27,34H,6-7,10-14H2,1-5H3,(H,33,36)/b9-8+. The van der Waals surface area contributed by atoms with Gasteiger partial charge in [-0.25, -0.2) is 0 Å². The number of benzene rings is 1. The zero-order valence-electron chi connectivity index (χ0n) is 22.9. The summed E-state index contributed by atoms with van der Waals surface area (Å²) in [7, 11) is 0. The maximum atomic E-state index is 13.4. The molecule has 2 aliphatic rings. The van der Waals surface area contributed by atoms with Gasteiger partial charge in [0.2, 0.25) is 5.91 Å². The predicted octanol–water partition coefficient (Wildman–Crippen LogP) is 6.07. The fourth-order valence-electron chi connectivity index (χ4n) is 5.02. The Morgan fingerprint density at radius 1 is 1.26 bits per heavy atom. The Labute approximate surface area is 234 Å². The number of nitrogens with zero attached hydrogens (tertiary/aromatic N) is 1. The highest BCUT2D eigenvalue weighted by Gasteiger charge is 2.39. The summed E-state index contributed by atoms with van der Waals surface area (Å²) in [4.78, 5) is 25.1. The average Bonchev–Trinajstić information content (AvgIpc) is 2.86. The van der Waals surface area contributed by atoms with Crippen molar-refractivity contribution in [2.75, 3.05) is 19.8 Å². The summed E-state index contributed by atoms with van der Waals surface area (Å²) in [5, 5.41) is 16.3. The first-order valence-electron chi connectivity index (χ1n) is 13.4. The molecule has 0 spiro atoms. The van der Waals surface area contributed by atoms with E-state index in [1.165, 1.54) is 0 Å². The SMILES string of the molecule is CCCC1CC(=O)C2=C(C1)NC(C)=C(C#N)C2c1cc(Br)c(OC/C=C/CNC(=O)C(C)C)c(OCC)c1. The third-order valence-corrected chi connectivity index (χ3v) is 7.39. The van der Waals surface area contributed by atoms with Crippen LogP contribution in [0.3, 0.4) is 0 Å². The fourth-order valence-corrected chi connectivity index (χ4v) is 5.59. The minimum absolute atomic E-state index is 0.00192. The molecule has 1 aliphatic heterocycles. The van der Waals surface area contributed by atoms with Gasteiger partial charge < -0.3 is 20.1 Å². The number of nitriles is 1. The molecule has 2 unspecified atom stereocenters. The minimum Gasteiger partial charge on any atom is -0.490 e. The van der Waals surface area contributed by atoms with Crippen molar-refractivity contribution in [3.05, 3.63) is 56.9 Å². The molecule has 0 fully saturated rings. The van der Waals surface area contributed by atoms with Crippen LogP contribution < -0.4 is 20.1 Å². The Balaban J connectivity index is 1.90. The molecule has 0 aromatic heterocycles. The van der Waals surface area contributed by atoms with Gasteiger partial charge in [-0.1, -0.05) is 33.3 Å². The number of Topliss-reactive ketones (excluding diaryl/α,β-unsaturated/α-hetero) is 1. The van der Waals surface area contributed by atoms with Crippen molar-refractivity contribution >= 4 is 27.6 Å². The number of ether oxygens (including phenoxy) is 2. The van der Waals surface area contributed by atoms with Gasteiger partial charge in [0.25, 0.3) is 0 Å². The average molecular weight is 585 g/mol. The van der Waals surface area contributed by atoms with Crippen LogP contribution in [-0.2, 0) is 9.59 Å². The largest absolute Gasteiger partial charge is 0.490 e. The number of halogens is 1. The summed E-state index contributed by atoms with van der Waals surface area (Å²) in [5.41, 5.74) is 3.76. The smallest absolute Gasteiger partial charge is 0.222 e. The molecule has 1 amide bonds. The van der Waals surface area contributed by atoms with Crippen molar-refractivity contribution < 1.29 is 19.1 Å². The molecule has 38 heavy (non-hydrogen) atoms. The first-order valence-corrected chi connectivity index (χ1v) is 14.2. The van der Waals surface area contributed by atoms with Gasteiger partial charge in [0, 0.05) is 35.9 Å². The van der Waals surface area contributed by atoms with Gasteiger partial charge in [-0.15, -0.1) is 0 Å². The number of carbonyl (C=O) groups excluding carboxylic acids is 2. The van der Waals surface area contributed by atoms with Crippen molar-refractivity contribution in [2.45, 2.75) is 66.2 Å². The van der Waals surface area contributed by atoms with Crippen LogP contribution in [0, 0.1) is 23.2 Å². The maximum absolute atomic E-state index is 13.4. The fraction of sp³-hybridized carbons (Fsp3) is 0.500. The van der Waals surface area contributed by atoms with Gasteiger partial charge in [0.15, 0.2) is 17.3 Å². The summed E-state index contributed by atoms with van der Waals surface area (Å²) >= 11 is 3.64. The molecule has 0 radical (unpaired) electrons. The molecule has 3 rings (SSSR count). The first-order chi connectivity index (χ1) is 18.2. The van der Waals surface area contributed by atoms with E-state index in [1.807, 2.05) is 52.0 Å². The third kappa shape index (κ3) is 6.87. The summed E-state index contributed by atoms with van der Waals surface area (Å²) < 4.78 is 12.6. The summed E-state index contributed by atoms with van der Waals surface area (Å²) in [6.07, 6.45) is 7.05. The topological polar surface area (TPSA) is 100 Å². The van der Waals surface area contributed by atoms with Crippen LogP contribution in [0.1, 0.15) is 71.8 Å². The first kappa shape index (κ1) is 29.5. The lowest BCUT2D eigenvalue weighted by Gasteiger charge is -2.35. The molecule has 0 bridgehead atoms. The molecule has 2 atom stereocenters. The summed E-state index contributed by atoms with van der Waals surface area (Å²) in [6, 6.07) is 6.15. The number of hydrogen-bond donors (Lipinski definition) is 2. The van der Waals surface area contributed by atoms with E-state index in [-0.39, 0.29) is 24.2 Å². The highest BCUT2D eigenvalue weighted by atomic mass is 79.9. The molecule has 0 saturated carbocycles. The second-order valence-electron chi connectivity index (χ2n) is 10.0. The Morgan fingerprint density at radius 2 is 2.03 bits per heavy atom. The van der Waals surface area contributed by atoms with E-state index in [0.29, 0.717) is 52.6 Å². The molecular formula is C30H38BrN3O4. The second-order valence-corrected chi connectivity index (χ2v) is 10.9. The van der Waals surface area contributed by atoms with Crippen molar-refractivity contribution in [1.29, 1.82) is 5.26 Å². The molecule has 1 heterocycles. The lowest BCUT2D eigenvalue weighted by molar-refractivity contribution is -0.123. The monoisotopic (exact) mass is 583 g/mol. The zero-order chi connectivity index (χ0) is 27.8. The highest BCUT2D eigenvalue weighted by molar-refractivity contribution is 9.10. The molecule has 1 aromatic rings. The second kappa shape index (κ2) is 13.7. The lowest BCUT2D eigenvalue weighted by atomic mass is 9.72. The van der Waals surface area contributed by atoms with E-state index in [2.05, 4.69) is 39.6 Å². The van der Waals surface area contributed by atoms with Crippen molar-refractivity contribution in [2.24, 2.45) is 11.8 Å². The molecule has 8 heteroatoms. The minimum atomic E-state index is -0.458. The molecule has 2 N–H and O–H groups in total. The Kier molecular flexibility index (Phi) is 10.6. The molecular weight excluding hydrogens is 546 g/mol. The number of carbonyl (C=O) groups is 2. The number of nitrogens with one attached hydrogen (secondary N) is 2. The highest BCUT2D eigenvalue weighted by Crippen LogP contribution is 2.47. The molecule has 7 nitrogen and oxygen atoms in total. The maximum Gasteiger partial charge on any atom is 0.222 e. The van der Waals surface area contributed by atoms with Crippen molar-refractivity contribution in [3.8, 4) is 17.6 Å². The van der Waals surface area contributed by atoms with Crippen LogP contribution >= 0.6 is 15.9 Å². The van der Waals surface area contributed by atoms with Crippen LogP contribution in [0.4, 0.5) is 0 Å². The lowest BCUT2D eigenvalue weighted by Crippen LogP contribution is -2.34. The summed E-state index contributed by atoms with van der Waals surface area (Å²) in [6.45, 7) is 10.8. The molecule has 1 aliphatic carbocycles. The molecule has 0 saturated heterocycles. The van der Waals surface area contributed by atoms with Crippen LogP contribution in [-0.4, -0.2) is 31.4 Å². The van der Waals surface area contributed by atoms with Gasteiger partial charge in [-0.05, 0) is 72.3 Å². The van der Waals surface area contributed by atoms with Crippen LogP contribution in [0.5, 0.6) is 11.5 Å². The van der Waals surface area contributed by atoms with E-state index in [0.717, 1.165) is 36.2 Å². The number of ketones is 1. The number of amides is 1. The van der Waals surface area contributed by atoms with Gasteiger partial charge in [-0.3, -0.25) is 9.59 Å². The zero-order valence-corrected chi connectivity index (χ0v) is 24.5. The number of hydrogen-bond acceptors (Lipinski definition) is 6. The van der Waals surface area contributed by atoms with E-state index in [4.69, 9.17) is 9.47 Å². The van der Waals surface area contributed by atoms with Crippen LogP contribution in [0.15, 0.2) is 51.3 Å². The normalized spacial score (nSPS) is 19.4. The van der Waals surface area contributed by atoms with Crippen LogP contribution in [0.2, 0.25) is 0 Å². The predicted molar refractivity (Wildman–Crippen MR) is 152 cm³/mol. The third-order valence-electron chi connectivity index (χ3n) is 6.80. The van der Waals surface area contributed by atoms with E-state index in [1.54, 1.807) is 0 Å². The number of rotatable bonds is 11. The number of dihydropyridines is 1. The van der Waals surface area contributed by atoms with Gasteiger partial charge in [0.05, 0.1) is 28.6 Å². The van der Waals surface area contributed by atoms with E-state index < -0.39 is 5.92 Å². The summed E-state index contributed by atoms with van der Waals surface area (Å²) in [5.74, 6) is 1.00. The number of allylic oxidation sites excluding steroid dienone is 4. The Morgan fingerprint density at radius 3 is 2.68 bits per heavy atom. The van der Waals surface area contributed by atoms with Gasteiger partial charge in [0.1, 0.15) is 6.61 Å². The van der Waals surface area contributed by atoms with Crippen molar-refractivity contribution in [1.82, 2.24) is 10.6 Å². The Hall–Kier alpha value is -3.05. The van der Waals surface area contributed by atoms with Gasteiger partial charge >= 0.3 is 0 Å². The van der Waals surface area contributed by atoms with E-state index >= 15 is 0 Å².